The first kappa shape index (κ1) is 12.5. The Morgan fingerprint density at radius 3 is 2.25 bits per heavy atom. The molecule has 1 unspecified atom stereocenters. The standard InChI is InChI=1S/C12H18N2O2/c1-7-5-10(14-12(15)9(3)13)6-8(2)11(7)16-4/h5-6,9H,13H2,1-4H3,(H,14,15). The Kier molecular flexibility index (Phi) is 3.90. The lowest BCUT2D eigenvalue weighted by Crippen LogP contribution is -2.32. The van der Waals surface area contributed by atoms with Crippen molar-refractivity contribution in [2.45, 2.75) is 26.8 Å². The summed E-state index contributed by atoms with van der Waals surface area (Å²) in [4.78, 5) is 11.4. The quantitative estimate of drug-likeness (QED) is 0.816. The van der Waals surface area contributed by atoms with Crippen LogP contribution in [0.25, 0.3) is 0 Å². The second kappa shape index (κ2) is 4.99. The largest absolute Gasteiger partial charge is 0.496 e. The summed E-state index contributed by atoms with van der Waals surface area (Å²) in [5, 5.41) is 2.75. The van der Waals surface area contributed by atoms with Crippen molar-refractivity contribution in [1.82, 2.24) is 0 Å². The number of benzene rings is 1. The Balaban J connectivity index is 2.96. The van der Waals surface area contributed by atoms with Crippen LogP contribution in [0.15, 0.2) is 12.1 Å². The molecule has 0 bridgehead atoms. The number of methoxy groups -OCH3 is 1. The molecular formula is C12H18N2O2. The molecule has 3 N–H and O–H groups in total. The van der Waals surface area contributed by atoms with Gasteiger partial charge in [0.15, 0.2) is 0 Å². The fraction of sp³-hybridized carbons (Fsp3) is 0.417. The van der Waals surface area contributed by atoms with Gasteiger partial charge in [-0.1, -0.05) is 0 Å². The third-order valence-electron chi connectivity index (χ3n) is 2.35. The molecule has 16 heavy (non-hydrogen) atoms. The summed E-state index contributed by atoms with van der Waals surface area (Å²) in [5.74, 6) is 0.655. The van der Waals surface area contributed by atoms with Gasteiger partial charge in [-0.2, -0.15) is 0 Å². The predicted molar refractivity (Wildman–Crippen MR) is 64.7 cm³/mol. The zero-order valence-corrected chi connectivity index (χ0v) is 10.1. The lowest BCUT2D eigenvalue weighted by molar-refractivity contribution is -0.117. The van der Waals surface area contributed by atoms with Crippen LogP contribution in [-0.2, 0) is 4.79 Å². The molecule has 4 nitrogen and oxygen atoms in total. The van der Waals surface area contributed by atoms with Crippen molar-refractivity contribution in [3.63, 3.8) is 0 Å². The number of rotatable bonds is 3. The second-order valence-corrected chi connectivity index (χ2v) is 3.92. The molecule has 0 saturated heterocycles. The van der Waals surface area contributed by atoms with Gasteiger partial charge >= 0.3 is 0 Å². The number of hydrogen-bond acceptors (Lipinski definition) is 3. The molecule has 0 aromatic heterocycles. The SMILES string of the molecule is COc1c(C)cc(NC(=O)C(C)N)cc1C. The molecule has 1 amide bonds. The summed E-state index contributed by atoms with van der Waals surface area (Å²) in [5.41, 5.74) is 8.20. The van der Waals surface area contributed by atoms with Crippen LogP contribution in [-0.4, -0.2) is 19.1 Å². The van der Waals surface area contributed by atoms with E-state index >= 15 is 0 Å². The van der Waals surface area contributed by atoms with E-state index in [2.05, 4.69) is 5.32 Å². The smallest absolute Gasteiger partial charge is 0.240 e. The number of anilines is 1. The molecule has 0 aliphatic rings. The molecule has 88 valence electrons. The van der Waals surface area contributed by atoms with Gasteiger partial charge in [-0.15, -0.1) is 0 Å². The molecular weight excluding hydrogens is 204 g/mol. The van der Waals surface area contributed by atoms with E-state index in [0.717, 1.165) is 22.6 Å². The Morgan fingerprint density at radius 2 is 1.88 bits per heavy atom. The number of nitrogens with one attached hydrogen (secondary N) is 1. The maximum atomic E-state index is 11.4. The van der Waals surface area contributed by atoms with Crippen molar-refractivity contribution >= 4 is 11.6 Å². The van der Waals surface area contributed by atoms with Gasteiger partial charge in [-0.25, -0.2) is 0 Å². The second-order valence-electron chi connectivity index (χ2n) is 3.92. The molecule has 0 aliphatic heterocycles. The van der Waals surface area contributed by atoms with Crippen LogP contribution >= 0.6 is 0 Å². The van der Waals surface area contributed by atoms with Crippen molar-refractivity contribution in [1.29, 1.82) is 0 Å². The summed E-state index contributed by atoms with van der Waals surface area (Å²) >= 11 is 0. The average molecular weight is 222 g/mol. The zero-order chi connectivity index (χ0) is 12.3. The Hall–Kier alpha value is -1.55. The van der Waals surface area contributed by atoms with Crippen molar-refractivity contribution in [3.05, 3.63) is 23.3 Å². The summed E-state index contributed by atoms with van der Waals surface area (Å²) < 4.78 is 5.25. The first-order chi connectivity index (χ1) is 7.45. The van der Waals surface area contributed by atoms with Gasteiger partial charge in [0.05, 0.1) is 13.2 Å². The van der Waals surface area contributed by atoms with E-state index in [1.165, 1.54) is 0 Å². The highest BCUT2D eigenvalue weighted by atomic mass is 16.5. The number of carbonyl (C=O) groups is 1. The van der Waals surface area contributed by atoms with Crippen LogP contribution in [0.1, 0.15) is 18.1 Å². The molecule has 4 heteroatoms. The summed E-state index contributed by atoms with van der Waals surface area (Å²) in [6.07, 6.45) is 0. The molecule has 0 fully saturated rings. The Labute approximate surface area is 95.8 Å². The molecule has 1 aromatic carbocycles. The van der Waals surface area contributed by atoms with Crippen LogP contribution in [0.3, 0.4) is 0 Å². The van der Waals surface area contributed by atoms with E-state index in [-0.39, 0.29) is 5.91 Å². The topological polar surface area (TPSA) is 64.3 Å². The van der Waals surface area contributed by atoms with Crippen molar-refractivity contribution in [2.75, 3.05) is 12.4 Å². The Bertz CT molecular complexity index is 377. The minimum atomic E-state index is -0.511. The lowest BCUT2D eigenvalue weighted by atomic mass is 10.1. The van der Waals surface area contributed by atoms with Crippen molar-refractivity contribution in [2.24, 2.45) is 5.73 Å². The van der Waals surface area contributed by atoms with Crippen LogP contribution in [0.4, 0.5) is 5.69 Å². The number of hydrogen-bond donors (Lipinski definition) is 2. The van der Waals surface area contributed by atoms with Gasteiger partial charge in [0, 0.05) is 5.69 Å². The highest BCUT2D eigenvalue weighted by Gasteiger charge is 2.10. The minimum Gasteiger partial charge on any atom is -0.496 e. The van der Waals surface area contributed by atoms with E-state index in [0.29, 0.717) is 0 Å². The maximum Gasteiger partial charge on any atom is 0.240 e. The van der Waals surface area contributed by atoms with E-state index in [4.69, 9.17) is 10.5 Å². The average Bonchev–Trinajstić information content (AvgIpc) is 2.16. The van der Waals surface area contributed by atoms with Crippen LogP contribution in [0.2, 0.25) is 0 Å². The van der Waals surface area contributed by atoms with E-state index in [9.17, 15) is 4.79 Å². The van der Waals surface area contributed by atoms with Gasteiger partial charge in [0.1, 0.15) is 5.75 Å². The van der Waals surface area contributed by atoms with Gasteiger partial charge in [-0.05, 0) is 44.0 Å². The van der Waals surface area contributed by atoms with E-state index in [1.807, 2.05) is 26.0 Å². The number of aryl methyl sites for hydroxylation is 2. The molecule has 0 aliphatic carbocycles. The van der Waals surface area contributed by atoms with Gasteiger partial charge in [0.2, 0.25) is 5.91 Å². The van der Waals surface area contributed by atoms with E-state index < -0.39 is 6.04 Å². The molecule has 1 rings (SSSR count). The first-order valence-corrected chi connectivity index (χ1v) is 5.17. The van der Waals surface area contributed by atoms with Gasteiger partial charge in [0.25, 0.3) is 0 Å². The predicted octanol–water partition coefficient (Wildman–Crippen LogP) is 1.60. The van der Waals surface area contributed by atoms with Crippen molar-refractivity contribution < 1.29 is 9.53 Å². The van der Waals surface area contributed by atoms with Crippen molar-refractivity contribution in [3.8, 4) is 5.75 Å². The minimum absolute atomic E-state index is 0.191. The fourth-order valence-corrected chi connectivity index (χ4v) is 1.60. The fourth-order valence-electron chi connectivity index (χ4n) is 1.60. The number of amides is 1. The summed E-state index contributed by atoms with van der Waals surface area (Å²) in [7, 11) is 1.63. The number of nitrogens with two attached hydrogens (primary N) is 1. The highest BCUT2D eigenvalue weighted by molar-refractivity contribution is 5.94. The summed E-state index contributed by atoms with van der Waals surface area (Å²) in [6, 6.07) is 3.22. The normalized spacial score (nSPS) is 12.1. The monoisotopic (exact) mass is 222 g/mol. The molecule has 0 spiro atoms. The van der Waals surface area contributed by atoms with Crippen LogP contribution in [0, 0.1) is 13.8 Å². The lowest BCUT2D eigenvalue weighted by Gasteiger charge is -2.13. The molecule has 0 heterocycles. The number of ether oxygens (including phenoxy) is 1. The molecule has 1 aromatic rings. The van der Waals surface area contributed by atoms with E-state index in [1.54, 1.807) is 14.0 Å². The maximum absolute atomic E-state index is 11.4. The Morgan fingerprint density at radius 1 is 1.38 bits per heavy atom. The molecule has 0 saturated carbocycles. The molecule has 0 radical (unpaired) electrons. The zero-order valence-electron chi connectivity index (χ0n) is 10.1. The van der Waals surface area contributed by atoms with Crippen LogP contribution < -0.4 is 15.8 Å². The highest BCUT2D eigenvalue weighted by Crippen LogP contribution is 2.26. The van der Waals surface area contributed by atoms with Crippen LogP contribution in [0.5, 0.6) is 5.75 Å². The third kappa shape index (κ3) is 2.73. The van der Waals surface area contributed by atoms with Gasteiger partial charge < -0.3 is 15.8 Å². The third-order valence-corrected chi connectivity index (χ3v) is 2.35. The number of carbonyl (C=O) groups excluding carboxylic acids is 1. The first-order valence-electron chi connectivity index (χ1n) is 5.17. The van der Waals surface area contributed by atoms with Gasteiger partial charge in [-0.3, -0.25) is 4.79 Å². The molecule has 1 atom stereocenters. The summed E-state index contributed by atoms with van der Waals surface area (Å²) in [6.45, 7) is 5.53.